The van der Waals surface area contributed by atoms with E-state index in [0.29, 0.717) is 24.9 Å². The summed E-state index contributed by atoms with van der Waals surface area (Å²) in [6, 6.07) is 12.1. The molecule has 0 saturated carbocycles. The lowest BCUT2D eigenvalue weighted by atomic mass is 10.0. The van der Waals surface area contributed by atoms with E-state index in [4.69, 9.17) is 14.2 Å². The molecule has 9 heteroatoms. The average Bonchev–Trinajstić information content (AvgIpc) is 2.82. The Morgan fingerprint density at radius 1 is 1.12 bits per heavy atom. The first kappa shape index (κ1) is 24.0. The number of nitrogens with one attached hydrogen (secondary N) is 1. The predicted octanol–water partition coefficient (Wildman–Crippen LogP) is 2.65. The van der Waals surface area contributed by atoms with Crippen LogP contribution in [0, 0.1) is 0 Å². The molecule has 32 heavy (non-hydrogen) atoms. The fraction of sp³-hybridized carbons (Fsp3) is 0.435. The van der Waals surface area contributed by atoms with Crippen LogP contribution in [0.1, 0.15) is 35.7 Å². The van der Waals surface area contributed by atoms with Crippen LogP contribution in [-0.2, 0) is 14.8 Å². The molecule has 0 aromatic heterocycles. The van der Waals surface area contributed by atoms with E-state index in [1.54, 1.807) is 0 Å². The van der Waals surface area contributed by atoms with E-state index in [1.807, 2.05) is 24.3 Å². The van der Waals surface area contributed by atoms with Crippen molar-refractivity contribution in [3.63, 3.8) is 0 Å². The third-order valence-corrected chi connectivity index (χ3v) is 7.10. The molecule has 0 bridgehead atoms. The lowest BCUT2D eigenvalue weighted by molar-refractivity contribution is 0.0730. The Morgan fingerprint density at radius 3 is 2.53 bits per heavy atom. The van der Waals surface area contributed by atoms with Crippen LogP contribution in [0.25, 0.3) is 0 Å². The molecule has 2 aromatic rings. The number of sulfonamides is 1. The molecule has 1 fully saturated rings. The number of carbonyl (C=O) groups excluding carboxylic acids is 1. The summed E-state index contributed by atoms with van der Waals surface area (Å²) in [6.07, 6.45) is 0. The second-order valence-corrected chi connectivity index (χ2v) is 9.61. The fourth-order valence-electron chi connectivity index (χ4n) is 3.47. The van der Waals surface area contributed by atoms with Gasteiger partial charge in [-0.2, -0.15) is 4.31 Å². The Kier molecular flexibility index (Phi) is 8.11. The van der Waals surface area contributed by atoms with Crippen LogP contribution in [0.15, 0.2) is 47.4 Å². The molecule has 2 aromatic carbocycles. The van der Waals surface area contributed by atoms with Gasteiger partial charge in [-0.3, -0.25) is 4.79 Å². The average molecular weight is 463 g/mol. The van der Waals surface area contributed by atoms with E-state index >= 15 is 0 Å². The molecule has 0 spiro atoms. The van der Waals surface area contributed by atoms with Gasteiger partial charge in [0, 0.05) is 13.1 Å². The summed E-state index contributed by atoms with van der Waals surface area (Å²) < 4.78 is 43.6. The van der Waals surface area contributed by atoms with Crippen molar-refractivity contribution in [2.45, 2.75) is 24.7 Å². The zero-order valence-corrected chi connectivity index (χ0v) is 19.5. The van der Waals surface area contributed by atoms with Crippen molar-refractivity contribution in [1.29, 1.82) is 0 Å². The van der Waals surface area contributed by atoms with Crippen LogP contribution in [0.2, 0.25) is 0 Å². The summed E-state index contributed by atoms with van der Waals surface area (Å²) in [5, 5.41) is 2.78. The summed E-state index contributed by atoms with van der Waals surface area (Å²) in [5.74, 6) is 0.977. The van der Waals surface area contributed by atoms with Gasteiger partial charge in [-0.1, -0.05) is 32.0 Å². The van der Waals surface area contributed by atoms with Crippen LogP contribution in [-0.4, -0.2) is 65.2 Å². The SMILES string of the molecule is COc1ccc(S(=O)(=O)N2CCOCC2)cc1C(=O)NCCOc1ccccc1C(C)C. The molecule has 1 N–H and O–H groups in total. The summed E-state index contributed by atoms with van der Waals surface area (Å²) in [5.41, 5.74) is 1.26. The van der Waals surface area contributed by atoms with Crippen molar-refractivity contribution in [1.82, 2.24) is 9.62 Å². The summed E-state index contributed by atoms with van der Waals surface area (Å²) in [4.78, 5) is 12.8. The Hall–Kier alpha value is -2.62. The molecule has 0 aliphatic carbocycles. The number of benzene rings is 2. The highest BCUT2D eigenvalue weighted by Crippen LogP contribution is 2.26. The van der Waals surface area contributed by atoms with Crippen molar-refractivity contribution < 1.29 is 27.4 Å². The number of rotatable bonds is 9. The number of para-hydroxylation sites is 1. The molecule has 3 rings (SSSR count). The normalized spacial score (nSPS) is 14.9. The molecular formula is C23H30N2O6S. The quantitative estimate of drug-likeness (QED) is 0.576. The Balaban J connectivity index is 1.67. The number of carbonyl (C=O) groups is 1. The van der Waals surface area contributed by atoms with E-state index in [9.17, 15) is 13.2 Å². The van der Waals surface area contributed by atoms with E-state index < -0.39 is 15.9 Å². The predicted molar refractivity (Wildman–Crippen MR) is 121 cm³/mol. The monoisotopic (exact) mass is 462 g/mol. The third kappa shape index (κ3) is 5.59. The number of amides is 1. The fourth-order valence-corrected chi connectivity index (χ4v) is 4.91. The van der Waals surface area contributed by atoms with Gasteiger partial charge in [-0.05, 0) is 35.7 Å². The van der Waals surface area contributed by atoms with Crippen molar-refractivity contribution >= 4 is 15.9 Å². The molecule has 1 aliphatic rings. The van der Waals surface area contributed by atoms with Gasteiger partial charge in [0.2, 0.25) is 10.0 Å². The maximum atomic E-state index is 12.9. The molecule has 1 aliphatic heterocycles. The highest BCUT2D eigenvalue weighted by molar-refractivity contribution is 7.89. The minimum atomic E-state index is -3.72. The smallest absolute Gasteiger partial charge is 0.255 e. The van der Waals surface area contributed by atoms with Gasteiger partial charge in [-0.15, -0.1) is 0 Å². The first-order valence-corrected chi connectivity index (χ1v) is 12.0. The topological polar surface area (TPSA) is 94.2 Å². The zero-order chi connectivity index (χ0) is 23.1. The molecule has 174 valence electrons. The zero-order valence-electron chi connectivity index (χ0n) is 18.7. The van der Waals surface area contributed by atoms with Gasteiger partial charge in [-0.25, -0.2) is 8.42 Å². The Bertz CT molecular complexity index is 1030. The summed E-state index contributed by atoms with van der Waals surface area (Å²) in [6.45, 7) is 5.99. The van der Waals surface area contributed by atoms with Crippen LogP contribution in [0.4, 0.5) is 0 Å². The molecular weight excluding hydrogens is 432 g/mol. The van der Waals surface area contributed by atoms with Gasteiger partial charge in [0.25, 0.3) is 5.91 Å². The van der Waals surface area contributed by atoms with E-state index in [2.05, 4.69) is 19.2 Å². The number of hydrogen-bond donors (Lipinski definition) is 1. The lowest BCUT2D eigenvalue weighted by Crippen LogP contribution is -2.40. The highest BCUT2D eigenvalue weighted by atomic mass is 32.2. The minimum absolute atomic E-state index is 0.0486. The van der Waals surface area contributed by atoms with Crippen LogP contribution in [0.5, 0.6) is 11.5 Å². The second-order valence-electron chi connectivity index (χ2n) is 7.68. The maximum absolute atomic E-state index is 12.9. The molecule has 1 heterocycles. The largest absolute Gasteiger partial charge is 0.496 e. The molecule has 1 amide bonds. The molecule has 0 radical (unpaired) electrons. The van der Waals surface area contributed by atoms with Crippen LogP contribution >= 0.6 is 0 Å². The Labute approximate surface area is 189 Å². The molecule has 1 saturated heterocycles. The van der Waals surface area contributed by atoms with Crippen molar-refractivity contribution in [3.8, 4) is 11.5 Å². The summed E-state index contributed by atoms with van der Waals surface area (Å²) in [7, 11) is -2.29. The number of hydrogen-bond acceptors (Lipinski definition) is 6. The molecule has 0 unspecified atom stereocenters. The van der Waals surface area contributed by atoms with Gasteiger partial charge in [0.1, 0.15) is 18.1 Å². The molecule has 0 atom stereocenters. The lowest BCUT2D eigenvalue weighted by Gasteiger charge is -2.26. The van der Waals surface area contributed by atoms with Gasteiger partial charge in [0.05, 0.1) is 37.3 Å². The number of ether oxygens (including phenoxy) is 3. The maximum Gasteiger partial charge on any atom is 0.255 e. The first-order chi connectivity index (χ1) is 15.3. The van der Waals surface area contributed by atoms with E-state index in [-0.39, 0.29) is 36.7 Å². The number of methoxy groups -OCH3 is 1. The number of morpholine rings is 1. The van der Waals surface area contributed by atoms with Crippen molar-refractivity contribution in [3.05, 3.63) is 53.6 Å². The van der Waals surface area contributed by atoms with Gasteiger partial charge < -0.3 is 19.5 Å². The van der Waals surface area contributed by atoms with Crippen LogP contribution < -0.4 is 14.8 Å². The van der Waals surface area contributed by atoms with E-state index in [0.717, 1.165) is 11.3 Å². The van der Waals surface area contributed by atoms with Crippen LogP contribution in [0.3, 0.4) is 0 Å². The first-order valence-electron chi connectivity index (χ1n) is 10.6. The van der Waals surface area contributed by atoms with Crippen molar-refractivity contribution in [2.24, 2.45) is 0 Å². The van der Waals surface area contributed by atoms with Crippen molar-refractivity contribution in [2.75, 3.05) is 46.6 Å². The molecule has 8 nitrogen and oxygen atoms in total. The number of nitrogens with zero attached hydrogens (tertiary/aromatic N) is 1. The minimum Gasteiger partial charge on any atom is -0.496 e. The Morgan fingerprint density at radius 2 is 1.84 bits per heavy atom. The van der Waals surface area contributed by atoms with Gasteiger partial charge in [0.15, 0.2) is 0 Å². The third-order valence-electron chi connectivity index (χ3n) is 5.21. The van der Waals surface area contributed by atoms with Gasteiger partial charge >= 0.3 is 0 Å². The summed E-state index contributed by atoms with van der Waals surface area (Å²) >= 11 is 0. The van der Waals surface area contributed by atoms with E-state index in [1.165, 1.54) is 29.6 Å². The second kappa shape index (κ2) is 10.8. The standard InChI is InChI=1S/C23H30N2O6S/c1-17(2)19-6-4-5-7-22(19)31-13-10-24-23(26)20-16-18(8-9-21(20)29-3)32(27,28)25-11-14-30-15-12-25/h4-9,16-17H,10-15H2,1-3H3,(H,24,26). The highest BCUT2D eigenvalue weighted by Gasteiger charge is 2.28.